The molecule has 6 nitrogen and oxygen atoms in total. The monoisotopic (exact) mass is 364 g/mol. The van der Waals surface area contributed by atoms with Crippen molar-refractivity contribution in [3.63, 3.8) is 0 Å². The molecule has 1 atom stereocenters. The van der Waals surface area contributed by atoms with Crippen LogP contribution < -0.4 is 15.5 Å². The molecule has 0 radical (unpaired) electrons. The number of nitrogens with one attached hydrogen (secondary N) is 2. The number of pyridine rings is 1. The number of para-hydroxylation sites is 1. The lowest BCUT2D eigenvalue weighted by Gasteiger charge is -2.16. The molecule has 3 heterocycles. The number of fused-ring (bicyclic) bond motifs is 1. The topological polar surface area (TPSA) is 70.4 Å². The number of aromatic nitrogens is 1. The Hall–Kier alpha value is -3.02. The van der Waals surface area contributed by atoms with Crippen LogP contribution in [0.3, 0.4) is 0 Å². The van der Waals surface area contributed by atoms with Gasteiger partial charge in [-0.3, -0.25) is 0 Å². The van der Waals surface area contributed by atoms with E-state index >= 15 is 0 Å². The number of amides is 2. The third-order valence-corrected chi connectivity index (χ3v) is 4.91. The second kappa shape index (κ2) is 7.70. The highest BCUT2D eigenvalue weighted by atomic mass is 16.3. The lowest BCUT2D eigenvalue weighted by Crippen LogP contribution is -2.36. The molecule has 1 saturated heterocycles. The molecular formula is C21H24N4O2. The summed E-state index contributed by atoms with van der Waals surface area (Å²) in [4.78, 5) is 19.0. The first-order valence-electron chi connectivity index (χ1n) is 9.42. The van der Waals surface area contributed by atoms with Gasteiger partial charge in [0.05, 0.1) is 6.04 Å². The SMILES string of the molecule is CC(NC(=O)NCc1ccc(N2CCCC2)nc1)c1cc2ccccc2o1. The third kappa shape index (κ3) is 4.05. The van der Waals surface area contributed by atoms with Crippen molar-refractivity contribution in [1.29, 1.82) is 0 Å². The van der Waals surface area contributed by atoms with Crippen LogP contribution in [0.1, 0.15) is 37.1 Å². The summed E-state index contributed by atoms with van der Waals surface area (Å²) in [5, 5.41) is 6.82. The predicted molar refractivity (Wildman–Crippen MR) is 106 cm³/mol. The molecule has 27 heavy (non-hydrogen) atoms. The Labute approximate surface area is 158 Å². The summed E-state index contributed by atoms with van der Waals surface area (Å²) in [5.41, 5.74) is 1.80. The van der Waals surface area contributed by atoms with Crippen LogP contribution in [0.5, 0.6) is 0 Å². The third-order valence-electron chi connectivity index (χ3n) is 4.91. The number of carbonyl (C=O) groups is 1. The zero-order valence-electron chi connectivity index (χ0n) is 15.4. The maximum absolute atomic E-state index is 12.2. The fraction of sp³-hybridized carbons (Fsp3) is 0.333. The first-order chi connectivity index (χ1) is 13.2. The molecule has 0 aliphatic carbocycles. The molecule has 2 amide bonds. The van der Waals surface area contributed by atoms with Gasteiger partial charge in [0.25, 0.3) is 0 Å². The maximum atomic E-state index is 12.2. The molecule has 0 spiro atoms. The van der Waals surface area contributed by atoms with Gasteiger partial charge in [0.2, 0.25) is 0 Å². The van der Waals surface area contributed by atoms with E-state index in [1.807, 2.05) is 55.6 Å². The molecule has 140 valence electrons. The van der Waals surface area contributed by atoms with Gasteiger partial charge >= 0.3 is 6.03 Å². The molecule has 1 unspecified atom stereocenters. The molecular weight excluding hydrogens is 340 g/mol. The lowest BCUT2D eigenvalue weighted by atomic mass is 10.2. The Kier molecular flexibility index (Phi) is 4.96. The number of hydrogen-bond donors (Lipinski definition) is 2. The van der Waals surface area contributed by atoms with E-state index in [9.17, 15) is 4.79 Å². The van der Waals surface area contributed by atoms with Crippen LogP contribution >= 0.6 is 0 Å². The second-order valence-electron chi connectivity index (χ2n) is 6.95. The minimum Gasteiger partial charge on any atom is -0.459 e. The Morgan fingerprint density at radius 3 is 2.78 bits per heavy atom. The number of anilines is 1. The quantitative estimate of drug-likeness (QED) is 0.718. The van der Waals surface area contributed by atoms with Crippen LogP contribution in [0.2, 0.25) is 0 Å². The average molecular weight is 364 g/mol. The van der Waals surface area contributed by atoms with Crippen LogP contribution in [-0.2, 0) is 6.54 Å². The van der Waals surface area contributed by atoms with Gasteiger partial charge in [-0.05, 0) is 43.5 Å². The number of rotatable bonds is 5. The number of furan rings is 1. The summed E-state index contributed by atoms with van der Waals surface area (Å²) in [7, 11) is 0. The predicted octanol–water partition coefficient (Wildman–Crippen LogP) is 3.99. The second-order valence-corrected chi connectivity index (χ2v) is 6.95. The first kappa shape index (κ1) is 17.4. The van der Waals surface area contributed by atoms with Crippen molar-refractivity contribution in [3.05, 3.63) is 60.0 Å². The highest BCUT2D eigenvalue weighted by molar-refractivity contribution is 5.78. The molecule has 2 aromatic heterocycles. The minimum atomic E-state index is -0.230. The van der Waals surface area contributed by atoms with Gasteiger partial charge in [0, 0.05) is 31.2 Å². The van der Waals surface area contributed by atoms with E-state index in [1.165, 1.54) is 12.8 Å². The van der Waals surface area contributed by atoms with Gasteiger partial charge in [0.15, 0.2) is 0 Å². The van der Waals surface area contributed by atoms with E-state index in [-0.39, 0.29) is 12.1 Å². The Balaban J connectivity index is 1.29. The highest BCUT2D eigenvalue weighted by Gasteiger charge is 2.15. The summed E-state index contributed by atoms with van der Waals surface area (Å²) < 4.78 is 5.80. The Morgan fingerprint density at radius 1 is 1.22 bits per heavy atom. The van der Waals surface area contributed by atoms with Crippen molar-refractivity contribution in [3.8, 4) is 0 Å². The fourth-order valence-corrected chi connectivity index (χ4v) is 3.37. The van der Waals surface area contributed by atoms with Gasteiger partial charge in [-0.15, -0.1) is 0 Å². The smallest absolute Gasteiger partial charge is 0.315 e. The summed E-state index contributed by atoms with van der Waals surface area (Å²) in [6.45, 7) is 4.50. The van der Waals surface area contributed by atoms with Crippen molar-refractivity contribution in [2.45, 2.75) is 32.4 Å². The Morgan fingerprint density at radius 2 is 2.04 bits per heavy atom. The number of urea groups is 1. The van der Waals surface area contributed by atoms with Crippen LogP contribution in [0.4, 0.5) is 10.6 Å². The van der Waals surface area contributed by atoms with Crippen molar-refractivity contribution >= 4 is 22.8 Å². The molecule has 0 bridgehead atoms. The largest absolute Gasteiger partial charge is 0.459 e. The van der Waals surface area contributed by atoms with E-state index < -0.39 is 0 Å². The van der Waals surface area contributed by atoms with E-state index in [1.54, 1.807) is 0 Å². The van der Waals surface area contributed by atoms with Gasteiger partial charge in [0.1, 0.15) is 17.2 Å². The number of carbonyl (C=O) groups excluding carboxylic acids is 1. The van der Waals surface area contributed by atoms with Crippen molar-refractivity contribution in [2.24, 2.45) is 0 Å². The first-order valence-corrected chi connectivity index (χ1v) is 9.42. The molecule has 6 heteroatoms. The standard InChI is InChI=1S/C21H24N4O2/c1-15(19-12-17-6-2-3-7-18(17)27-19)24-21(26)23-14-16-8-9-20(22-13-16)25-10-4-5-11-25/h2-3,6-9,12-13,15H,4-5,10-11,14H2,1H3,(H2,23,24,26). The van der Waals surface area contributed by atoms with Gasteiger partial charge < -0.3 is 20.0 Å². The van der Waals surface area contributed by atoms with E-state index in [2.05, 4.69) is 20.5 Å². The van der Waals surface area contributed by atoms with E-state index in [4.69, 9.17) is 4.42 Å². The molecule has 1 aliphatic rings. The highest BCUT2D eigenvalue weighted by Crippen LogP contribution is 2.23. The van der Waals surface area contributed by atoms with Crippen molar-refractivity contribution in [2.75, 3.05) is 18.0 Å². The molecule has 2 N–H and O–H groups in total. The molecule has 3 aromatic rings. The maximum Gasteiger partial charge on any atom is 0.315 e. The van der Waals surface area contributed by atoms with Gasteiger partial charge in [-0.2, -0.15) is 0 Å². The number of hydrogen-bond acceptors (Lipinski definition) is 4. The summed E-state index contributed by atoms with van der Waals surface area (Å²) >= 11 is 0. The summed E-state index contributed by atoms with van der Waals surface area (Å²) in [6.07, 6.45) is 4.29. The molecule has 0 saturated carbocycles. The summed E-state index contributed by atoms with van der Waals surface area (Å²) in [5.74, 6) is 1.75. The Bertz CT molecular complexity index is 880. The molecule has 4 rings (SSSR count). The molecule has 1 aromatic carbocycles. The van der Waals surface area contributed by atoms with Crippen LogP contribution in [-0.4, -0.2) is 24.1 Å². The molecule has 1 aliphatic heterocycles. The number of nitrogens with zero attached hydrogens (tertiary/aromatic N) is 2. The minimum absolute atomic E-state index is 0.215. The molecule has 1 fully saturated rings. The zero-order chi connectivity index (χ0) is 18.6. The van der Waals surface area contributed by atoms with E-state index in [0.29, 0.717) is 6.54 Å². The zero-order valence-corrected chi connectivity index (χ0v) is 15.4. The van der Waals surface area contributed by atoms with Crippen molar-refractivity contribution < 1.29 is 9.21 Å². The van der Waals surface area contributed by atoms with E-state index in [0.717, 1.165) is 41.2 Å². The van der Waals surface area contributed by atoms with Crippen molar-refractivity contribution in [1.82, 2.24) is 15.6 Å². The summed E-state index contributed by atoms with van der Waals surface area (Å²) in [6, 6.07) is 13.4. The normalized spacial score (nSPS) is 15.1. The van der Waals surface area contributed by atoms with Crippen LogP contribution in [0.25, 0.3) is 11.0 Å². The van der Waals surface area contributed by atoms with Gasteiger partial charge in [-0.1, -0.05) is 24.3 Å². The average Bonchev–Trinajstić information content (AvgIpc) is 3.36. The van der Waals surface area contributed by atoms with Crippen LogP contribution in [0.15, 0.2) is 53.1 Å². The van der Waals surface area contributed by atoms with Gasteiger partial charge in [-0.25, -0.2) is 9.78 Å². The van der Waals surface area contributed by atoms with Crippen LogP contribution in [0, 0.1) is 0 Å². The number of benzene rings is 1. The lowest BCUT2D eigenvalue weighted by molar-refractivity contribution is 0.236. The fourth-order valence-electron chi connectivity index (χ4n) is 3.37.